The normalized spacial score (nSPS) is 10.1. The van der Waals surface area contributed by atoms with Gasteiger partial charge in [0.25, 0.3) is 0 Å². The summed E-state index contributed by atoms with van der Waals surface area (Å²) in [5.74, 6) is 1.03. The van der Waals surface area contributed by atoms with Crippen LogP contribution in [0.1, 0.15) is 15.9 Å². The Morgan fingerprint density at radius 2 is 1.79 bits per heavy atom. The lowest BCUT2D eigenvalue weighted by atomic mass is 9.98. The van der Waals surface area contributed by atoms with Crippen LogP contribution in [0.5, 0.6) is 11.5 Å². The minimum Gasteiger partial charge on any atom is -0.493 e. The summed E-state index contributed by atoms with van der Waals surface area (Å²) < 4.78 is 10.5. The van der Waals surface area contributed by atoms with Crippen LogP contribution >= 0.6 is 0 Å². The third-order valence-electron chi connectivity index (χ3n) is 3.09. The molecular weight excluding hydrogens is 240 g/mol. The Morgan fingerprint density at radius 1 is 1.05 bits per heavy atom. The van der Waals surface area contributed by atoms with Crippen molar-refractivity contribution in [2.75, 3.05) is 14.2 Å². The largest absolute Gasteiger partial charge is 0.493 e. The van der Waals surface area contributed by atoms with Crippen LogP contribution in [0, 0.1) is 6.92 Å². The van der Waals surface area contributed by atoms with Gasteiger partial charge in [0.2, 0.25) is 0 Å². The summed E-state index contributed by atoms with van der Waals surface area (Å²) in [6, 6.07) is 11.7. The number of aryl methyl sites for hydroxylation is 1. The van der Waals surface area contributed by atoms with Crippen LogP contribution in [-0.2, 0) is 0 Å². The smallest absolute Gasteiger partial charge is 0.171 e. The number of hydrogen-bond donors (Lipinski definition) is 0. The summed E-state index contributed by atoms with van der Waals surface area (Å²) in [7, 11) is 3.09. The fourth-order valence-electron chi connectivity index (χ4n) is 2.13. The minimum atomic E-state index is 0.467. The van der Waals surface area contributed by atoms with E-state index < -0.39 is 0 Å². The van der Waals surface area contributed by atoms with Crippen molar-refractivity contribution in [1.82, 2.24) is 0 Å². The fraction of sp³-hybridized carbons (Fsp3) is 0.188. The molecule has 0 atom stereocenters. The molecule has 0 spiro atoms. The summed E-state index contributed by atoms with van der Waals surface area (Å²) in [6.45, 7) is 2.03. The first kappa shape index (κ1) is 13.1. The summed E-state index contributed by atoms with van der Waals surface area (Å²) >= 11 is 0. The van der Waals surface area contributed by atoms with Crippen molar-refractivity contribution in [3.8, 4) is 22.6 Å². The molecule has 0 saturated carbocycles. The molecule has 0 heterocycles. The predicted octanol–water partition coefficient (Wildman–Crippen LogP) is 3.49. The van der Waals surface area contributed by atoms with Crippen molar-refractivity contribution < 1.29 is 14.3 Å². The first-order chi connectivity index (χ1) is 9.21. The zero-order chi connectivity index (χ0) is 13.8. The zero-order valence-corrected chi connectivity index (χ0v) is 11.3. The van der Waals surface area contributed by atoms with E-state index in [2.05, 4.69) is 0 Å². The third-order valence-corrected chi connectivity index (χ3v) is 3.09. The minimum absolute atomic E-state index is 0.467. The van der Waals surface area contributed by atoms with Crippen LogP contribution in [0.25, 0.3) is 11.1 Å². The quantitative estimate of drug-likeness (QED) is 0.785. The van der Waals surface area contributed by atoms with E-state index in [0.29, 0.717) is 17.1 Å². The molecule has 3 heteroatoms. The molecule has 0 radical (unpaired) electrons. The lowest BCUT2D eigenvalue weighted by Crippen LogP contribution is -1.96. The van der Waals surface area contributed by atoms with Crippen LogP contribution in [-0.4, -0.2) is 20.5 Å². The number of rotatable bonds is 4. The number of carbonyl (C=O) groups is 1. The van der Waals surface area contributed by atoms with Gasteiger partial charge < -0.3 is 9.47 Å². The van der Waals surface area contributed by atoms with E-state index in [1.807, 2.05) is 43.3 Å². The number of ether oxygens (including phenoxy) is 2. The highest BCUT2D eigenvalue weighted by molar-refractivity contribution is 5.85. The molecule has 0 aliphatic heterocycles. The molecule has 0 bridgehead atoms. The van der Waals surface area contributed by atoms with Gasteiger partial charge in [0.1, 0.15) is 0 Å². The van der Waals surface area contributed by atoms with Crippen LogP contribution in [0.3, 0.4) is 0 Å². The van der Waals surface area contributed by atoms with Gasteiger partial charge in [0.05, 0.1) is 19.8 Å². The van der Waals surface area contributed by atoms with Gasteiger partial charge >= 0.3 is 0 Å². The van der Waals surface area contributed by atoms with Gasteiger partial charge in [-0.15, -0.1) is 0 Å². The summed E-state index contributed by atoms with van der Waals surface area (Å²) in [5, 5.41) is 0. The number of methoxy groups -OCH3 is 2. The number of aldehydes is 1. The van der Waals surface area contributed by atoms with E-state index in [4.69, 9.17) is 9.47 Å². The third kappa shape index (κ3) is 2.45. The van der Waals surface area contributed by atoms with E-state index in [1.54, 1.807) is 7.11 Å². The van der Waals surface area contributed by atoms with Gasteiger partial charge in [-0.1, -0.05) is 24.3 Å². The van der Waals surface area contributed by atoms with E-state index in [9.17, 15) is 4.79 Å². The Balaban J connectivity index is 2.66. The predicted molar refractivity (Wildman–Crippen MR) is 75.1 cm³/mol. The van der Waals surface area contributed by atoms with Crippen molar-refractivity contribution in [1.29, 1.82) is 0 Å². The maximum absolute atomic E-state index is 11.2. The van der Waals surface area contributed by atoms with E-state index in [1.165, 1.54) is 7.11 Å². The number of carbonyl (C=O) groups excluding carboxylic acids is 1. The van der Waals surface area contributed by atoms with Gasteiger partial charge in [0.15, 0.2) is 17.8 Å². The second-order valence-corrected chi connectivity index (χ2v) is 4.23. The average Bonchev–Trinajstić information content (AvgIpc) is 2.46. The summed E-state index contributed by atoms with van der Waals surface area (Å²) in [6.07, 6.45) is 0.781. The number of hydrogen-bond acceptors (Lipinski definition) is 3. The monoisotopic (exact) mass is 256 g/mol. The molecule has 0 amide bonds. The Morgan fingerprint density at radius 3 is 2.37 bits per heavy atom. The van der Waals surface area contributed by atoms with Crippen molar-refractivity contribution >= 4 is 6.29 Å². The van der Waals surface area contributed by atoms with E-state index in [-0.39, 0.29) is 0 Å². The second kappa shape index (κ2) is 5.57. The van der Waals surface area contributed by atoms with Crippen LogP contribution in [0.15, 0.2) is 36.4 Å². The molecule has 19 heavy (non-hydrogen) atoms. The van der Waals surface area contributed by atoms with Crippen LogP contribution in [0.4, 0.5) is 0 Å². The van der Waals surface area contributed by atoms with Crippen LogP contribution in [0.2, 0.25) is 0 Å². The SMILES string of the molecule is COc1cc(-c2ccccc2C)cc(C=O)c1OC. The van der Waals surface area contributed by atoms with Crippen molar-refractivity contribution in [3.05, 3.63) is 47.5 Å². The Hall–Kier alpha value is -2.29. The Labute approximate surface area is 112 Å². The van der Waals surface area contributed by atoms with Gasteiger partial charge in [-0.05, 0) is 35.7 Å². The molecule has 0 aliphatic rings. The molecule has 3 nitrogen and oxygen atoms in total. The maximum atomic E-state index is 11.2. The van der Waals surface area contributed by atoms with Crippen molar-refractivity contribution in [2.24, 2.45) is 0 Å². The molecular formula is C16H16O3. The van der Waals surface area contributed by atoms with Gasteiger partial charge in [0, 0.05) is 0 Å². The molecule has 98 valence electrons. The first-order valence-electron chi connectivity index (χ1n) is 5.98. The standard InChI is InChI=1S/C16H16O3/c1-11-6-4-5-7-14(11)12-8-13(10-17)16(19-3)15(9-12)18-2/h4-10H,1-3H3. The second-order valence-electron chi connectivity index (χ2n) is 4.23. The Bertz CT molecular complexity index is 603. The molecule has 2 rings (SSSR count). The molecule has 0 fully saturated rings. The highest BCUT2D eigenvalue weighted by atomic mass is 16.5. The average molecular weight is 256 g/mol. The van der Waals surface area contributed by atoms with E-state index >= 15 is 0 Å². The Kier molecular flexibility index (Phi) is 3.85. The number of benzene rings is 2. The molecule has 2 aromatic carbocycles. The topological polar surface area (TPSA) is 35.5 Å². The van der Waals surface area contributed by atoms with Crippen molar-refractivity contribution in [2.45, 2.75) is 6.92 Å². The molecule has 0 saturated heterocycles. The van der Waals surface area contributed by atoms with Gasteiger partial charge in [-0.3, -0.25) is 4.79 Å². The molecule has 0 aliphatic carbocycles. The molecule has 2 aromatic rings. The summed E-state index contributed by atoms with van der Waals surface area (Å²) in [5.41, 5.74) is 3.65. The zero-order valence-electron chi connectivity index (χ0n) is 11.3. The first-order valence-corrected chi connectivity index (χ1v) is 5.98. The summed E-state index contributed by atoms with van der Waals surface area (Å²) in [4.78, 5) is 11.2. The maximum Gasteiger partial charge on any atom is 0.171 e. The lowest BCUT2D eigenvalue weighted by Gasteiger charge is -2.13. The lowest BCUT2D eigenvalue weighted by molar-refractivity contribution is 0.112. The molecule has 0 unspecified atom stereocenters. The van der Waals surface area contributed by atoms with Gasteiger partial charge in [-0.25, -0.2) is 0 Å². The highest BCUT2D eigenvalue weighted by Crippen LogP contribution is 2.36. The van der Waals surface area contributed by atoms with E-state index in [0.717, 1.165) is 23.0 Å². The molecule has 0 aromatic heterocycles. The van der Waals surface area contributed by atoms with Gasteiger partial charge in [-0.2, -0.15) is 0 Å². The highest BCUT2D eigenvalue weighted by Gasteiger charge is 2.13. The van der Waals surface area contributed by atoms with Crippen molar-refractivity contribution in [3.63, 3.8) is 0 Å². The fourth-order valence-corrected chi connectivity index (χ4v) is 2.13. The van der Waals surface area contributed by atoms with Crippen LogP contribution < -0.4 is 9.47 Å². The molecule has 0 N–H and O–H groups in total.